The van der Waals surface area contributed by atoms with Crippen LogP contribution in [0.15, 0.2) is 0 Å². The molecule has 1 fully saturated rings. The van der Waals surface area contributed by atoms with E-state index in [1.165, 1.54) is 0 Å². The van der Waals surface area contributed by atoms with Crippen LogP contribution in [0.1, 0.15) is 13.3 Å². The zero-order chi connectivity index (χ0) is 11.3. The molecule has 1 rings (SSSR count). The normalized spacial score (nSPS) is 23.9. The smallest absolute Gasteiger partial charge is 0.166 e. The molecular formula is C9H17NO3S2. The van der Waals surface area contributed by atoms with E-state index >= 15 is 0 Å². The first-order valence-corrected chi connectivity index (χ1v) is 7.96. The van der Waals surface area contributed by atoms with Crippen LogP contribution in [0.5, 0.6) is 0 Å². The number of hydrogen-bond acceptors (Lipinski definition) is 5. The van der Waals surface area contributed by atoms with Crippen molar-refractivity contribution in [2.75, 3.05) is 30.3 Å². The average molecular weight is 251 g/mol. The Labute approximate surface area is 95.3 Å². The third kappa shape index (κ3) is 3.46. The molecule has 0 radical (unpaired) electrons. The molecule has 0 bridgehead atoms. The lowest BCUT2D eigenvalue weighted by Gasteiger charge is -2.34. The molecule has 0 aliphatic carbocycles. The van der Waals surface area contributed by atoms with Gasteiger partial charge in [0.2, 0.25) is 0 Å². The molecule has 88 valence electrons. The van der Waals surface area contributed by atoms with Crippen LogP contribution < -0.4 is 0 Å². The Morgan fingerprint density at radius 1 is 1.53 bits per heavy atom. The van der Waals surface area contributed by atoms with Gasteiger partial charge in [-0.1, -0.05) is 6.92 Å². The van der Waals surface area contributed by atoms with Gasteiger partial charge in [-0.05, 0) is 0 Å². The van der Waals surface area contributed by atoms with Crippen LogP contribution in [0.2, 0.25) is 0 Å². The number of rotatable bonds is 5. The van der Waals surface area contributed by atoms with Gasteiger partial charge in [-0.3, -0.25) is 4.90 Å². The Kier molecular flexibility index (Phi) is 5.08. The van der Waals surface area contributed by atoms with Crippen LogP contribution >= 0.6 is 11.8 Å². The molecule has 1 atom stereocenters. The summed E-state index contributed by atoms with van der Waals surface area (Å²) in [5.41, 5.74) is 0. The maximum atomic E-state index is 11.8. The van der Waals surface area contributed by atoms with Gasteiger partial charge < -0.3 is 4.79 Å². The van der Waals surface area contributed by atoms with Gasteiger partial charge in [0.25, 0.3) is 0 Å². The minimum atomic E-state index is -3.01. The van der Waals surface area contributed by atoms with Crippen molar-refractivity contribution in [1.82, 2.24) is 4.90 Å². The zero-order valence-corrected chi connectivity index (χ0v) is 10.5. The highest BCUT2D eigenvalue weighted by Gasteiger charge is 2.32. The van der Waals surface area contributed by atoms with Gasteiger partial charge >= 0.3 is 0 Å². The van der Waals surface area contributed by atoms with Gasteiger partial charge in [0.1, 0.15) is 11.7 Å². The van der Waals surface area contributed by atoms with E-state index in [-0.39, 0.29) is 11.1 Å². The summed E-state index contributed by atoms with van der Waals surface area (Å²) in [6.45, 7) is 3.00. The topological polar surface area (TPSA) is 54.5 Å². The largest absolute Gasteiger partial charge is 0.303 e. The second kappa shape index (κ2) is 5.86. The van der Waals surface area contributed by atoms with E-state index in [0.717, 1.165) is 18.6 Å². The lowest BCUT2D eigenvalue weighted by Crippen LogP contribution is -2.48. The second-order valence-corrected chi connectivity index (χ2v) is 7.07. The van der Waals surface area contributed by atoms with E-state index < -0.39 is 9.84 Å². The summed E-state index contributed by atoms with van der Waals surface area (Å²) in [5, 5.41) is -0.388. The molecule has 0 spiro atoms. The monoisotopic (exact) mass is 251 g/mol. The van der Waals surface area contributed by atoms with Crippen molar-refractivity contribution >= 4 is 27.9 Å². The van der Waals surface area contributed by atoms with E-state index in [4.69, 9.17) is 0 Å². The number of thioether (sulfide) groups is 1. The predicted octanol–water partition coefficient (Wildman–Crippen LogP) is 0.385. The lowest BCUT2D eigenvalue weighted by atomic mass is 10.4. The standard InChI is InChI=1S/C9H17NO3S2/c1-2-15(12,13)9-8-14-7-5-10(9)4-3-6-11/h6,9H,2-5,7-8H2,1H3. The first-order chi connectivity index (χ1) is 7.11. The third-order valence-electron chi connectivity index (χ3n) is 2.54. The molecule has 0 N–H and O–H groups in total. The number of aldehydes is 1. The van der Waals surface area contributed by atoms with Crippen LogP contribution in [0, 0.1) is 0 Å². The van der Waals surface area contributed by atoms with Crippen LogP contribution in [0.4, 0.5) is 0 Å². The maximum Gasteiger partial charge on any atom is 0.166 e. The maximum absolute atomic E-state index is 11.8. The molecule has 1 aliphatic heterocycles. The summed E-state index contributed by atoms with van der Waals surface area (Å²) < 4.78 is 23.6. The number of hydrogen-bond donors (Lipinski definition) is 0. The number of carbonyl (C=O) groups is 1. The van der Waals surface area contributed by atoms with Crippen LogP contribution in [0.25, 0.3) is 0 Å². The zero-order valence-electron chi connectivity index (χ0n) is 8.89. The van der Waals surface area contributed by atoms with Crippen molar-refractivity contribution in [3.8, 4) is 0 Å². The summed E-state index contributed by atoms with van der Waals surface area (Å²) in [5.74, 6) is 1.76. The molecule has 1 unspecified atom stereocenters. The fourth-order valence-corrected chi connectivity index (χ4v) is 4.72. The Balaban J connectivity index is 2.69. The number of sulfone groups is 1. The van der Waals surface area contributed by atoms with E-state index in [1.54, 1.807) is 18.7 Å². The van der Waals surface area contributed by atoms with Crippen LogP contribution in [-0.4, -0.2) is 55.3 Å². The molecule has 0 saturated carbocycles. The summed E-state index contributed by atoms with van der Waals surface area (Å²) in [7, 11) is -3.01. The van der Waals surface area contributed by atoms with E-state index in [2.05, 4.69) is 0 Å². The van der Waals surface area contributed by atoms with Gasteiger partial charge in [0.05, 0.1) is 0 Å². The van der Waals surface area contributed by atoms with Gasteiger partial charge in [-0.2, -0.15) is 11.8 Å². The summed E-state index contributed by atoms with van der Waals surface area (Å²) in [6, 6.07) is 0. The van der Waals surface area contributed by atoms with E-state index in [0.29, 0.717) is 18.7 Å². The minimum absolute atomic E-state index is 0.176. The SMILES string of the molecule is CCS(=O)(=O)C1CSCCN1CCC=O. The highest BCUT2D eigenvalue weighted by atomic mass is 32.2. The highest BCUT2D eigenvalue weighted by Crippen LogP contribution is 2.21. The van der Waals surface area contributed by atoms with Crippen molar-refractivity contribution in [1.29, 1.82) is 0 Å². The number of carbonyl (C=O) groups excluding carboxylic acids is 1. The van der Waals surface area contributed by atoms with Crippen molar-refractivity contribution < 1.29 is 13.2 Å². The molecule has 1 saturated heterocycles. The Morgan fingerprint density at radius 3 is 2.87 bits per heavy atom. The van der Waals surface area contributed by atoms with Gasteiger partial charge in [0.15, 0.2) is 9.84 Å². The molecule has 0 aromatic rings. The highest BCUT2D eigenvalue weighted by molar-refractivity contribution is 8.01. The molecule has 1 aliphatic rings. The molecule has 6 heteroatoms. The Hall–Kier alpha value is -0.0700. The fraction of sp³-hybridized carbons (Fsp3) is 0.889. The van der Waals surface area contributed by atoms with E-state index in [1.807, 2.05) is 4.90 Å². The van der Waals surface area contributed by atoms with Crippen molar-refractivity contribution in [3.05, 3.63) is 0 Å². The van der Waals surface area contributed by atoms with Crippen LogP contribution in [-0.2, 0) is 14.6 Å². The summed E-state index contributed by atoms with van der Waals surface area (Å²) in [4.78, 5) is 12.2. The quantitative estimate of drug-likeness (QED) is 0.661. The van der Waals surface area contributed by atoms with Crippen LogP contribution in [0.3, 0.4) is 0 Å². The Morgan fingerprint density at radius 2 is 2.27 bits per heavy atom. The average Bonchev–Trinajstić information content (AvgIpc) is 2.26. The van der Waals surface area contributed by atoms with Crippen molar-refractivity contribution in [2.45, 2.75) is 18.7 Å². The summed E-state index contributed by atoms with van der Waals surface area (Å²) >= 11 is 1.67. The fourth-order valence-electron chi connectivity index (χ4n) is 1.61. The lowest BCUT2D eigenvalue weighted by molar-refractivity contribution is -0.108. The molecule has 15 heavy (non-hydrogen) atoms. The second-order valence-electron chi connectivity index (χ2n) is 3.47. The first-order valence-electron chi connectivity index (χ1n) is 5.09. The summed E-state index contributed by atoms with van der Waals surface area (Å²) in [6.07, 6.45) is 1.26. The third-order valence-corrected chi connectivity index (χ3v) is 5.87. The van der Waals surface area contributed by atoms with Gasteiger partial charge in [-0.15, -0.1) is 0 Å². The first kappa shape index (κ1) is 13.0. The molecule has 1 heterocycles. The van der Waals surface area contributed by atoms with Crippen molar-refractivity contribution in [2.24, 2.45) is 0 Å². The predicted molar refractivity (Wildman–Crippen MR) is 62.8 cm³/mol. The van der Waals surface area contributed by atoms with Gasteiger partial charge in [-0.25, -0.2) is 8.42 Å². The van der Waals surface area contributed by atoms with Gasteiger partial charge in [0, 0.05) is 36.8 Å². The van der Waals surface area contributed by atoms with E-state index in [9.17, 15) is 13.2 Å². The molecule has 0 amide bonds. The molecule has 4 nitrogen and oxygen atoms in total. The Bertz CT molecular complexity index is 302. The number of nitrogens with zero attached hydrogens (tertiary/aromatic N) is 1. The van der Waals surface area contributed by atoms with Crippen molar-refractivity contribution in [3.63, 3.8) is 0 Å². The molecule has 0 aromatic heterocycles. The molecular weight excluding hydrogens is 234 g/mol. The minimum Gasteiger partial charge on any atom is -0.303 e. The molecule has 0 aromatic carbocycles.